The zero-order valence-electron chi connectivity index (χ0n) is 7.48. The number of pyridine rings is 1. The van der Waals surface area contributed by atoms with Gasteiger partial charge in [-0.2, -0.15) is 0 Å². The molecule has 1 amide bonds. The van der Waals surface area contributed by atoms with Crippen molar-refractivity contribution in [1.82, 2.24) is 10.1 Å². The summed E-state index contributed by atoms with van der Waals surface area (Å²) in [7, 11) is 0. The van der Waals surface area contributed by atoms with Gasteiger partial charge in [0.2, 0.25) is 5.76 Å². The number of nitrogens with zero attached hydrogens (tertiary/aromatic N) is 2. The van der Waals surface area contributed by atoms with Crippen molar-refractivity contribution in [3.05, 3.63) is 40.8 Å². The highest BCUT2D eigenvalue weighted by Gasteiger charge is 2.10. The Morgan fingerprint density at radius 3 is 2.93 bits per heavy atom. The summed E-state index contributed by atoms with van der Waals surface area (Å²) in [5, 5.41) is 6.01. The van der Waals surface area contributed by atoms with Crippen LogP contribution in [0.15, 0.2) is 39.6 Å². The van der Waals surface area contributed by atoms with Crippen LogP contribution in [0.1, 0.15) is 10.6 Å². The first-order valence-corrected chi connectivity index (χ1v) is 4.89. The Labute approximate surface area is 93.6 Å². The van der Waals surface area contributed by atoms with Gasteiger partial charge in [-0.1, -0.05) is 11.2 Å². The van der Waals surface area contributed by atoms with E-state index >= 15 is 0 Å². The van der Waals surface area contributed by atoms with E-state index < -0.39 is 0 Å². The predicted molar refractivity (Wildman–Crippen MR) is 56.4 cm³/mol. The van der Waals surface area contributed by atoms with E-state index in [2.05, 4.69) is 31.4 Å². The normalized spacial score (nSPS) is 9.93. The van der Waals surface area contributed by atoms with Gasteiger partial charge in [0, 0.05) is 6.07 Å². The molecule has 0 aliphatic carbocycles. The lowest BCUT2D eigenvalue weighted by Crippen LogP contribution is -2.11. The first-order chi connectivity index (χ1) is 7.25. The Hall–Kier alpha value is -1.69. The fourth-order valence-corrected chi connectivity index (χ4v) is 1.33. The smallest absolute Gasteiger partial charge is 0.295 e. The minimum atomic E-state index is -0.377. The van der Waals surface area contributed by atoms with E-state index in [0.29, 0.717) is 10.4 Å². The fourth-order valence-electron chi connectivity index (χ4n) is 0.989. The SMILES string of the molecule is O=C(Nc1cccc(Br)n1)c1ccno1. The second-order valence-corrected chi connectivity index (χ2v) is 3.49. The fraction of sp³-hybridized carbons (Fsp3) is 0. The molecule has 0 aliphatic rings. The summed E-state index contributed by atoms with van der Waals surface area (Å²) >= 11 is 3.20. The lowest BCUT2D eigenvalue weighted by atomic mass is 10.4. The lowest BCUT2D eigenvalue weighted by molar-refractivity contribution is 0.0987. The predicted octanol–water partition coefficient (Wildman–Crippen LogP) is 2.08. The zero-order chi connectivity index (χ0) is 10.7. The summed E-state index contributed by atoms with van der Waals surface area (Å²) < 4.78 is 5.35. The molecule has 0 unspecified atom stereocenters. The molecule has 0 bridgehead atoms. The molecule has 2 aromatic heterocycles. The number of hydrogen-bond donors (Lipinski definition) is 1. The largest absolute Gasteiger partial charge is 0.351 e. The highest BCUT2D eigenvalue weighted by Crippen LogP contribution is 2.11. The van der Waals surface area contributed by atoms with Crippen molar-refractivity contribution in [3.63, 3.8) is 0 Å². The maximum atomic E-state index is 11.5. The topological polar surface area (TPSA) is 68.0 Å². The maximum Gasteiger partial charge on any atom is 0.295 e. The van der Waals surface area contributed by atoms with Crippen LogP contribution in [0.2, 0.25) is 0 Å². The summed E-state index contributed by atoms with van der Waals surface area (Å²) in [5.74, 6) is 0.223. The minimum absolute atomic E-state index is 0.150. The summed E-state index contributed by atoms with van der Waals surface area (Å²) in [4.78, 5) is 15.5. The van der Waals surface area contributed by atoms with Crippen LogP contribution in [0, 0.1) is 0 Å². The quantitative estimate of drug-likeness (QED) is 0.847. The number of aromatic nitrogens is 2. The zero-order valence-corrected chi connectivity index (χ0v) is 9.06. The molecule has 0 aromatic carbocycles. The van der Waals surface area contributed by atoms with Crippen LogP contribution in [0.5, 0.6) is 0 Å². The summed E-state index contributed by atoms with van der Waals surface area (Å²) in [6, 6.07) is 6.70. The van der Waals surface area contributed by atoms with Crippen LogP contribution >= 0.6 is 15.9 Å². The first-order valence-electron chi connectivity index (χ1n) is 4.10. The van der Waals surface area contributed by atoms with E-state index in [1.54, 1.807) is 18.2 Å². The van der Waals surface area contributed by atoms with Gasteiger partial charge in [-0.05, 0) is 28.1 Å². The standard InChI is InChI=1S/C9H6BrN3O2/c10-7-2-1-3-8(12-7)13-9(14)6-4-5-11-15-6/h1-5H,(H,12,13,14). The molecule has 0 spiro atoms. The van der Waals surface area contributed by atoms with Crippen LogP contribution in [0.25, 0.3) is 0 Å². The van der Waals surface area contributed by atoms with Crippen molar-refractivity contribution in [1.29, 1.82) is 0 Å². The van der Waals surface area contributed by atoms with E-state index in [9.17, 15) is 4.79 Å². The van der Waals surface area contributed by atoms with Crippen molar-refractivity contribution in [2.75, 3.05) is 5.32 Å². The average Bonchev–Trinajstić information content (AvgIpc) is 2.70. The highest BCUT2D eigenvalue weighted by molar-refractivity contribution is 9.10. The Bertz CT molecular complexity index is 470. The molecule has 2 heterocycles. The number of hydrogen-bond acceptors (Lipinski definition) is 4. The van der Waals surface area contributed by atoms with Crippen molar-refractivity contribution in [2.45, 2.75) is 0 Å². The monoisotopic (exact) mass is 267 g/mol. The molecule has 2 aromatic rings. The molecule has 0 saturated heterocycles. The number of rotatable bonds is 2. The number of carbonyl (C=O) groups is 1. The van der Waals surface area contributed by atoms with Gasteiger partial charge in [0.05, 0.1) is 6.20 Å². The molecular formula is C9H6BrN3O2. The third kappa shape index (κ3) is 2.41. The molecular weight excluding hydrogens is 262 g/mol. The van der Waals surface area contributed by atoms with Gasteiger partial charge in [0.15, 0.2) is 0 Å². The molecule has 0 fully saturated rings. The Morgan fingerprint density at radius 2 is 2.27 bits per heavy atom. The van der Waals surface area contributed by atoms with Gasteiger partial charge in [0.25, 0.3) is 5.91 Å². The highest BCUT2D eigenvalue weighted by atomic mass is 79.9. The third-order valence-corrected chi connectivity index (χ3v) is 2.06. The molecule has 0 atom stereocenters. The van der Waals surface area contributed by atoms with E-state index in [1.165, 1.54) is 12.3 Å². The Kier molecular flexibility index (Phi) is 2.77. The number of halogens is 1. The maximum absolute atomic E-state index is 11.5. The van der Waals surface area contributed by atoms with Crippen LogP contribution in [-0.2, 0) is 0 Å². The van der Waals surface area contributed by atoms with E-state index in [0.717, 1.165) is 0 Å². The number of anilines is 1. The molecule has 0 aliphatic heterocycles. The van der Waals surface area contributed by atoms with Gasteiger partial charge in [0.1, 0.15) is 10.4 Å². The Morgan fingerprint density at radius 1 is 1.40 bits per heavy atom. The summed E-state index contributed by atoms with van der Waals surface area (Å²) in [6.45, 7) is 0. The van der Waals surface area contributed by atoms with Crippen LogP contribution in [0.4, 0.5) is 5.82 Å². The van der Waals surface area contributed by atoms with Gasteiger partial charge in [-0.25, -0.2) is 4.98 Å². The van der Waals surface area contributed by atoms with Crippen LogP contribution < -0.4 is 5.32 Å². The third-order valence-electron chi connectivity index (χ3n) is 1.62. The van der Waals surface area contributed by atoms with E-state index in [-0.39, 0.29) is 11.7 Å². The number of carbonyl (C=O) groups excluding carboxylic acids is 1. The number of amides is 1. The molecule has 2 rings (SSSR count). The lowest BCUT2D eigenvalue weighted by Gasteiger charge is -2.01. The molecule has 0 saturated carbocycles. The Balaban J connectivity index is 2.13. The molecule has 76 valence electrons. The average molecular weight is 268 g/mol. The summed E-state index contributed by atoms with van der Waals surface area (Å²) in [5.41, 5.74) is 0. The van der Waals surface area contributed by atoms with Crippen molar-refractivity contribution in [2.24, 2.45) is 0 Å². The van der Waals surface area contributed by atoms with Crippen molar-refractivity contribution in [3.8, 4) is 0 Å². The van der Waals surface area contributed by atoms with Gasteiger partial charge < -0.3 is 9.84 Å². The molecule has 15 heavy (non-hydrogen) atoms. The van der Waals surface area contributed by atoms with E-state index in [1.807, 2.05) is 0 Å². The van der Waals surface area contributed by atoms with Crippen LogP contribution in [-0.4, -0.2) is 16.0 Å². The molecule has 5 nitrogen and oxygen atoms in total. The second-order valence-electron chi connectivity index (χ2n) is 2.68. The molecule has 0 radical (unpaired) electrons. The van der Waals surface area contributed by atoms with Crippen molar-refractivity contribution < 1.29 is 9.32 Å². The van der Waals surface area contributed by atoms with Gasteiger partial charge >= 0.3 is 0 Å². The van der Waals surface area contributed by atoms with Gasteiger partial charge in [-0.15, -0.1) is 0 Å². The first kappa shape index (κ1) is 9.85. The minimum Gasteiger partial charge on any atom is -0.351 e. The molecule has 6 heteroatoms. The second kappa shape index (κ2) is 4.22. The van der Waals surface area contributed by atoms with E-state index in [4.69, 9.17) is 4.52 Å². The van der Waals surface area contributed by atoms with Crippen LogP contribution in [0.3, 0.4) is 0 Å². The van der Waals surface area contributed by atoms with Crippen molar-refractivity contribution >= 4 is 27.7 Å². The van der Waals surface area contributed by atoms with Gasteiger partial charge in [-0.3, -0.25) is 4.79 Å². The molecule has 1 N–H and O–H groups in total. The summed E-state index contributed by atoms with van der Waals surface area (Å²) in [6.07, 6.45) is 1.41. The number of nitrogens with one attached hydrogen (secondary N) is 1.